The summed E-state index contributed by atoms with van der Waals surface area (Å²) in [4.78, 5) is 34.6. The normalized spacial score (nSPS) is 12.5. The molecule has 0 bridgehead atoms. The number of hydrogen-bond acceptors (Lipinski definition) is 6. The summed E-state index contributed by atoms with van der Waals surface area (Å²) in [5.74, 6) is -1.17. The number of fused-ring (bicyclic) bond motifs is 2. The lowest BCUT2D eigenvalue weighted by Gasteiger charge is -2.24. The van der Waals surface area contributed by atoms with E-state index in [1.54, 1.807) is 4.90 Å². The SMILES string of the molecule is Nc1nccnc1C(=O)OCC(=O)N1c2ccccc2CCc2ccccc21. The Morgan fingerprint density at radius 1 is 0.929 bits per heavy atom. The highest BCUT2D eigenvalue weighted by Crippen LogP contribution is 2.35. The molecule has 1 amide bonds. The van der Waals surface area contributed by atoms with E-state index in [0.717, 1.165) is 35.3 Å². The zero-order valence-electron chi connectivity index (χ0n) is 15.0. The average molecular weight is 374 g/mol. The van der Waals surface area contributed by atoms with Crippen LogP contribution in [0.3, 0.4) is 0 Å². The van der Waals surface area contributed by atoms with Crippen LogP contribution in [-0.4, -0.2) is 28.5 Å². The van der Waals surface area contributed by atoms with Crippen LogP contribution in [-0.2, 0) is 22.4 Å². The second kappa shape index (κ2) is 7.48. The van der Waals surface area contributed by atoms with Crippen LogP contribution in [0.15, 0.2) is 60.9 Å². The van der Waals surface area contributed by atoms with Crippen LogP contribution in [0.4, 0.5) is 17.2 Å². The Morgan fingerprint density at radius 2 is 1.50 bits per heavy atom. The van der Waals surface area contributed by atoms with Gasteiger partial charge in [0.2, 0.25) is 0 Å². The number of aryl methyl sites for hydroxylation is 2. The number of ether oxygens (including phenoxy) is 1. The Bertz CT molecular complexity index is 1000. The third-order valence-electron chi connectivity index (χ3n) is 4.62. The van der Waals surface area contributed by atoms with Gasteiger partial charge in [0.05, 0.1) is 11.4 Å². The van der Waals surface area contributed by atoms with Gasteiger partial charge in [0.15, 0.2) is 18.1 Å². The van der Waals surface area contributed by atoms with E-state index in [1.807, 2.05) is 48.5 Å². The van der Waals surface area contributed by atoms with Gasteiger partial charge in [-0.05, 0) is 36.1 Å². The summed E-state index contributed by atoms with van der Waals surface area (Å²) in [5, 5.41) is 0. The minimum atomic E-state index is -0.782. The van der Waals surface area contributed by atoms with Gasteiger partial charge in [0.25, 0.3) is 5.91 Å². The van der Waals surface area contributed by atoms with E-state index in [4.69, 9.17) is 10.5 Å². The number of para-hydroxylation sites is 2. The van der Waals surface area contributed by atoms with Crippen molar-refractivity contribution in [3.63, 3.8) is 0 Å². The quantitative estimate of drug-likeness (QED) is 0.708. The summed E-state index contributed by atoms with van der Waals surface area (Å²) in [6.07, 6.45) is 4.37. The molecule has 140 valence electrons. The van der Waals surface area contributed by atoms with Crippen molar-refractivity contribution in [1.82, 2.24) is 9.97 Å². The molecule has 1 aliphatic rings. The summed E-state index contributed by atoms with van der Waals surface area (Å²) in [6, 6.07) is 15.5. The van der Waals surface area contributed by atoms with E-state index in [0.29, 0.717) is 0 Å². The fraction of sp³-hybridized carbons (Fsp3) is 0.143. The molecule has 0 spiro atoms. The molecular weight excluding hydrogens is 356 g/mol. The van der Waals surface area contributed by atoms with Gasteiger partial charge in [0, 0.05) is 12.4 Å². The van der Waals surface area contributed by atoms with Gasteiger partial charge in [-0.25, -0.2) is 14.8 Å². The average Bonchev–Trinajstić information content (AvgIpc) is 2.89. The largest absolute Gasteiger partial charge is 0.451 e. The number of aromatic nitrogens is 2. The van der Waals surface area contributed by atoms with Crippen LogP contribution in [0.2, 0.25) is 0 Å². The molecule has 2 heterocycles. The van der Waals surface area contributed by atoms with Crippen molar-refractivity contribution in [2.75, 3.05) is 17.2 Å². The number of carbonyl (C=O) groups excluding carboxylic acids is 2. The standard InChI is InChI=1S/C21H18N4O3/c22-20-19(23-11-12-24-20)21(27)28-13-18(26)25-16-7-3-1-5-14(16)9-10-15-6-2-4-8-17(15)25/h1-8,11-12H,9-10,13H2,(H2,22,24). The summed E-state index contributed by atoms with van der Waals surface area (Å²) >= 11 is 0. The minimum absolute atomic E-state index is 0.0367. The van der Waals surface area contributed by atoms with Gasteiger partial charge in [0.1, 0.15) is 0 Å². The molecule has 28 heavy (non-hydrogen) atoms. The smallest absolute Gasteiger partial charge is 0.361 e. The Kier molecular flexibility index (Phi) is 4.72. The number of benzene rings is 2. The number of nitrogens with zero attached hydrogens (tertiary/aromatic N) is 3. The van der Waals surface area contributed by atoms with Gasteiger partial charge >= 0.3 is 5.97 Å². The first-order valence-electron chi connectivity index (χ1n) is 8.87. The maximum atomic E-state index is 13.1. The van der Waals surface area contributed by atoms with E-state index in [1.165, 1.54) is 12.4 Å². The van der Waals surface area contributed by atoms with Crippen LogP contribution in [0, 0.1) is 0 Å². The zero-order valence-corrected chi connectivity index (χ0v) is 15.0. The monoisotopic (exact) mass is 374 g/mol. The van der Waals surface area contributed by atoms with Gasteiger partial charge in [-0.1, -0.05) is 36.4 Å². The number of amides is 1. The lowest BCUT2D eigenvalue weighted by atomic mass is 10.0. The van der Waals surface area contributed by atoms with E-state index < -0.39 is 12.6 Å². The molecule has 1 aliphatic heterocycles. The van der Waals surface area contributed by atoms with Crippen LogP contribution in [0.5, 0.6) is 0 Å². The Labute approximate surface area is 161 Å². The molecule has 0 atom stereocenters. The van der Waals surface area contributed by atoms with Crippen molar-refractivity contribution in [1.29, 1.82) is 0 Å². The maximum Gasteiger partial charge on any atom is 0.361 e. The number of esters is 1. The third kappa shape index (κ3) is 3.29. The van der Waals surface area contributed by atoms with E-state index in [9.17, 15) is 9.59 Å². The molecule has 1 aromatic heterocycles. The number of nitrogens with two attached hydrogens (primary N) is 1. The fourth-order valence-corrected chi connectivity index (χ4v) is 3.31. The maximum absolute atomic E-state index is 13.1. The minimum Gasteiger partial charge on any atom is -0.451 e. The molecule has 7 heteroatoms. The molecule has 3 aromatic rings. The van der Waals surface area contributed by atoms with E-state index >= 15 is 0 Å². The topological polar surface area (TPSA) is 98.4 Å². The van der Waals surface area contributed by atoms with Gasteiger partial charge in [-0.2, -0.15) is 0 Å². The Hall–Kier alpha value is -3.74. The number of anilines is 3. The summed E-state index contributed by atoms with van der Waals surface area (Å²) < 4.78 is 5.18. The van der Waals surface area contributed by atoms with Crippen molar-refractivity contribution < 1.29 is 14.3 Å². The molecule has 0 radical (unpaired) electrons. The van der Waals surface area contributed by atoms with Crippen molar-refractivity contribution >= 4 is 29.1 Å². The molecule has 7 nitrogen and oxygen atoms in total. The van der Waals surface area contributed by atoms with E-state index in [2.05, 4.69) is 9.97 Å². The predicted molar refractivity (Wildman–Crippen MR) is 104 cm³/mol. The molecule has 4 rings (SSSR count). The van der Waals surface area contributed by atoms with Crippen molar-refractivity contribution in [3.8, 4) is 0 Å². The number of nitrogen functional groups attached to an aromatic ring is 1. The van der Waals surface area contributed by atoms with Crippen molar-refractivity contribution in [2.45, 2.75) is 12.8 Å². The molecule has 0 aliphatic carbocycles. The number of carbonyl (C=O) groups is 2. The van der Waals surface area contributed by atoms with Gasteiger partial charge in [-0.15, -0.1) is 0 Å². The highest BCUT2D eigenvalue weighted by molar-refractivity contribution is 6.04. The van der Waals surface area contributed by atoms with Crippen LogP contribution < -0.4 is 10.6 Å². The molecule has 2 aromatic carbocycles. The second-order valence-corrected chi connectivity index (χ2v) is 6.35. The summed E-state index contributed by atoms with van der Waals surface area (Å²) in [6.45, 7) is -0.433. The Balaban J connectivity index is 1.62. The van der Waals surface area contributed by atoms with Crippen LogP contribution in [0.1, 0.15) is 21.6 Å². The fourth-order valence-electron chi connectivity index (χ4n) is 3.31. The first-order valence-corrected chi connectivity index (χ1v) is 8.87. The third-order valence-corrected chi connectivity index (χ3v) is 4.62. The first-order chi connectivity index (χ1) is 13.6. The lowest BCUT2D eigenvalue weighted by Crippen LogP contribution is -2.31. The van der Waals surface area contributed by atoms with Gasteiger partial charge < -0.3 is 10.5 Å². The molecule has 0 saturated carbocycles. The van der Waals surface area contributed by atoms with E-state index in [-0.39, 0.29) is 17.4 Å². The molecule has 0 fully saturated rings. The number of rotatable bonds is 3. The van der Waals surface area contributed by atoms with Crippen LogP contribution in [0.25, 0.3) is 0 Å². The van der Waals surface area contributed by atoms with Crippen molar-refractivity contribution in [3.05, 3.63) is 77.7 Å². The van der Waals surface area contributed by atoms with Crippen LogP contribution >= 0.6 is 0 Å². The summed E-state index contributed by atoms with van der Waals surface area (Å²) in [7, 11) is 0. The molecular formula is C21H18N4O3. The van der Waals surface area contributed by atoms with Crippen molar-refractivity contribution in [2.24, 2.45) is 0 Å². The second-order valence-electron chi connectivity index (χ2n) is 6.35. The highest BCUT2D eigenvalue weighted by atomic mass is 16.5. The summed E-state index contributed by atoms with van der Waals surface area (Å²) in [5.41, 5.74) is 9.27. The van der Waals surface area contributed by atoms with Gasteiger partial charge in [-0.3, -0.25) is 9.69 Å². The predicted octanol–water partition coefficient (Wildman–Crippen LogP) is 2.68. The zero-order chi connectivity index (χ0) is 19.5. The molecule has 2 N–H and O–H groups in total. The highest BCUT2D eigenvalue weighted by Gasteiger charge is 2.26. The molecule has 0 saturated heterocycles. The number of hydrogen-bond donors (Lipinski definition) is 1. The molecule has 0 unspecified atom stereocenters. The first kappa shape index (κ1) is 17.7. The Morgan fingerprint density at radius 3 is 2.11 bits per heavy atom. The lowest BCUT2D eigenvalue weighted by molar-refractivity contribution is -0.121.